The molecule has 1 aliphatic carbocycles. The van der Waals surface area contributed by atoms with Crippen molar-refractivity contribution in [3.05, 3.63) is 0 Å². The molecule has 3 unspecified atom stereocenters. The highest BCUT2D eigenvalue weighted by molar-refractivity contribution is 5.54. The third-order valence-corrected chi connectivity index (χ3v) is 2.73. The van der Waals surface area contributed by atoms with Gasteiger partial charge in [-0.1, -0.05) is 19.8 Å². The molecule has 1 N–H and O–H groups in total. The quantitative estimate of drug-likeness (QED) is 0.613. The van der Waals surface area contributed by atoms with Crippen LogP contribution in [0.5, 0.6) is 0 Å². The zero-order valence-electron chi connectivity index (χ0n) is 6.99. The van der Waals surface area contributed by atoms with Crippen LogP contribution >= 0.6 is 0 Å². The minimum atomic E-state index is -0.232. The first kappa shape index (κ1) is 8.72. The smallest absolute Gasteiger partial charge is 0.123 e. The third kappa shape index (κ3) is 1.80. The highest BCUT2D eigenvalue weighted by Crippen LogP contribution is 2.30. The number of rotatable bonds is 2. The molecule has 0 bridgehead atoms. The van der Waals surface area contributed by atoms with Gasteiger partial charge in [0.2, 0.25) is 0 Å². The molecule has 0 radical (unpaired) electrons. The van der Waals surface area contributed by atoms with E-state index in [-0.39, 0.29) is 17.9 Å². The molecule has 2 heteroatoms. The van der Waals surface area contributed by atoms with E-state index in [2.05, 4.69) is 0 Å². The summed E-state index contributed by atoms with van der Waals surface area (Å²) in [4.78, 5) is 10.6. The predicted molar refractivity (Wildman–Crippen MR) is 43.2 cm³/mol. The van der Waals surface area contributed by atoms with E-state index >= 15 is 0 Å². The lowest BCUT2D eigenvalue weighted by atomic mass is 9.77. The largest absolute Gasteiger partial charge is 0.393 e. The molecule has 0 amide bonds. The van der Waals surface area contributed by atoms with E-state index < -0.39 is 0 Å². The second kappa shape index (κ2) is 3.86. The summed E-state index contributed by atoms with van der Waals surface area (Å²) in [5.41, 5.74) is 0. The fraction of sp³-hybridized carbons (Fsp3) is 0.889. The van der Waals surface area contributed by atoms with Gasteiger partial charge in [-0.15, -0.1) is 0 Å². The Hall–Kier alpha value is -0.370. The first-order valence-electron chi connectivity index (χ1n) is 4.43. The van der Waals surface area contributed by atoms with Crippen LogP contribution in [0.1, 0.15) is 32.6 Å². The summed E-state index contributed by atoms with van der Waals surface area (Å²) in [5, 5.41) is 9.51. The minimum Gasteiger partial charge on any atom is -0.393 e. The monoisotopic (exact) mass is 156 g/mol. The first-order valence-corrected chi connectivity index (χ1v) is 4.43. The average Bonchev–Trinajstić information content (AvgIpc) is 2.04. The number of aldehydes is 1. The van der Waals surface area contributed by atoms with Crippen molar-refractivity contribution in [1.82, 2.24) is 0 Å². The Balaban J connectivity index is 2.55. The molecule has 1 saturated carbocycles. The number of carbonyl (C=O) groups is 1. The number of aliphatic hydroxyl groups is 1. The van der Waals surface area contributed by atoms with Gasteiger partial charge in [-0.05, 0) is 18.8 Å². The van der Waals surface area contributed by atoms with Crippen molar-refractivity contribution in [1.29, 1.82) is 0 Å². The average molecular weight is 156 g/mol. The maximum Gasteiger partial charge on any atom is 0.123 e. The fourth-order valence-electron chi connectivity index (χ4n) is 2.02. The number of aliphatic hydroxyl groups excluding tert-OH is 1. The van der Waals surface area contributed by atoms with Gasteiger partial charge in [-0.3, -0.25) is 0 Å². The van der Waals surface area contributed by atoms with Gasteiger partial charge in [0.05, 0.1) is 6.10 Å². The molecule has 0 aromatic heterocycles. The zero-order valence-corrected chi connectivity index (χ0v) is 6.99. The fourth-order valence-corrected chi connectivity index (χ4v) is 2.02. The van der Waals surface area contributed by atoms with Crippen LogP contribution in [0.2, 0.25) is 0 Å². The molecule has 0 aromatic carbocycles. The summed E-state index contributed by atoms with van der Waals surface area (Å²) in [6.45, 7) is 2.04. The van der Waals surface area contributed by atoms with E-state index in [4.69, 9.17) is 0 Å². The molecular weight excluding hydrogens is 140 g/mol. The lowest BCUT2D eigenvalue weighted by molar-refractivity contribution is -0.116. The minimum absolute atomic E-state index is 0.115. The second-order valence-electron chi connectivity index (χ2n) is 3.37. The van der Waals surface area contributed by atoms with Crippen LogP contribution in [0.3, 0.4) is 0 Å². The Kier molecular flexibility index (Phi) is 3.06. The Bertz CT molecular complexity index is 134. The number of hydrogen-bond donors (Lipinski definition) is 1. The van der Waals surface area contributed by atoms with Gasteiger partial charge < -0.3 is 9.90 Å². The van der Waals surface area contributed by atoms with Crippen molar-refractivity contribution < 1.29 is 9.90 Å². The topological polar surface area (TPSA) is 37.3 Å². The normalized spacial score (nSPS) is 38.5. The molecule has 0 saturated heterocycles. The Labute approximate surface area is 67.6 Å². The van der Waals surface area contributed by atoms with Gasteiger partial charge >= 0.3 is 0 Å². The molecule has 11 heavy (non-hydrogen) atoms. The highest BCUT2D eigenvalue weighted by atomic mass is 16.3. The van der Waals surface area contributed by atoms with Crippen LogP contribution in [0, 0.1) is 11.8 Å². The van der Waals surface area contributed by atoms with Crippen molar-refractivity contribution >= 4 is 6.29 Å². The first-order chi connectivity index (χ1) is 5.29. The van der Waals surface area contributed by atoms with Crippen LogP contribution in [0.15, 0.2) is 0 Å². The van der Waals surface area contributed by atoms with Crippen molar-refractivity contribution in [2.45, 2.75) is 38.7 Å². The number of carbonyl (C=O) groups excluding carboxylic acids is 1. The lowest BCUT2D eigenvalue weighted by Gasteiger charge is -2.31. The van der Waals surface area contributed by atoms with Gasteiger partial charge in [0.15, 0.2) is 0 Å². The van der Waals surface area contributed by atoms with Crippen molar-refractivity contribution in [2.24, 2.45) is 11.8 Å². The van der Waals surface area contributed by atoms with E-state index in [9.17, 15) is 9.90 Å². The molecular formula is C9H16O2. The second-order valence-corrected chi connectivity index (χ2v) is 3.37. The number of hydrogen-bond acceptors (Lipinski definition) is 2. The van der Waals surface area contributed by atoms with Crippen LogP contribution in [0.4, 0.5) is 0 Å². The Morgan fingerprint density at radius 2 is 2.27 bits per heavy atom. The molecule has 2 nitrogen and oxygen atoms in total. The van der Waals surface area contributed by atoms with E-state index in [0.29, 0.717) is 0 Å². The molecule has 64 valence electrons. The Morgan fingerprint density at radius 1 is 1.55 bits per heavy atom. The summed E-state index contributed by atoms with van der Waals surface area (Å²) in [7, 11) is 0. The van der Waals surface area contributed by atoms with Gasteiger partial charge in [0, 0.05) is 5.92 Å². The van der Waals surface area contributed by atoms with E-state index in [0.717, 1.165) is 32.0 Å². The van der Waals surface area contributed by atoms with Crippen LogP contribution in [0.25, 0.3) is 0 Å². The standard InChI is InChI=1S/C9H16O2/c1-2-8-7(6-10)4-3-5-9(8)11/h6-9,11H,2-5H2,1H3. The van der Waals surface area contributed by atoms with E-state index in [1.807, 2.05) is 6.92 Å². The predicted octanol–water partition coefficient (Wildman–Crippen LogP) is 1.37. The molecule has 0 aromatic rings. The third-order valence-electron chi connectivity index (χ3n) is 2.73. The highest BCUT2D eigenvalue weighted by Gasteiger charge is 2.29. The van der Waals surface area contributed by atoms with Crippen LogP contribution < -0.4 is 0 Å². The summed E-state index contributed by atoms with van der Waals surface area (Å²) in [6.07, 6.45) is 4.55. The van der Waals surface area contributed by atoms with Gasteiger partial charge in [-0.25, -0.2) is 0 Å². The van der Waals surface area contributed by atoms with Gasteiger partial charge in [0.25, 0.3) is 0 Å². The Morgan fingerprint density at radius 3 is 2.73 bits per heavy atom. The van der Waals surface area contributed by atoms with Crippen LogP contribution in [-0.2, 0) is 4.79 Å². The van der Waals surface area contributed by atoms with Gasteiger partial charge in [0.1, 0.15) is 6.29 Å². The molecule has 0 spiro atoms. The molecule has 0 heterocycles. The van der Waals surface area contributed by atoms with Crippen molar-refractivity contribution in [3.8, 4) is 0 Å². The maximum atomic E-state index is 10.6. The molecule has 1 aliphatic rings. The summed E-state index contributed by atoms with van der Waals surface area (Å²) >= 11 is 0. The van der Waals surface area contributed by atoms with Crippen molar-refractivity contribution in [2.75, 3.05) is 0 Å². The SMILES string of the molecule is CCC1C(O)CCCC1C=O. The van der Waals surface area contributed by atoms with Crippen LogP contribution in [-0.4, -0.2) is 17.5 Å². The molecule has 1 fully saturated rings. The van der Waals surface area contributed by atoms with E-state index in [1.165, 1.54) is 0 Å². The maximum absolute atomic E-state index is 10.6. The van der Waals surface area contributed by atoms with Crippen molar-refractivity contribution in [3.63, 3.8) is 0 Å². The summed E-state index contributed by atoms with van der Waals surface area (Å²) in [5.74, 6) is 0.338. The van der Waals surface area contributed by atoms with E-state index in [1.54, 1.807) is 0 Å². The molecule has 3 atom stereocenters. The van der Waals surface area contributed by atoms with Gasteiger partial charge in [-0.2, -0.15) is 0 Å². The molecule has 0 aliphatic heterocycles. The summed E-state index contributed by atoms with van der Waals surface area (Å²) in [6, 6.07) is 0. The zero-order chi connectivity index (χ0) is 8.27. The molecule has 1 rings (SSSR count). The summed E-state index contributed by atoms with van der Waals surface area (Å²) < 4.78 is 0. The lowest BCUT2D eigenvalue weighted by Crippen LogP contribution is -2.32.